The molecule has 1 amide bonds. The molecule has 0 radical (unpaired) electrons. The summed E-state index contributed by atoms with van der Waals surface area (Å²) in [6.45, 7) is 2.13. The highest BCUT2D eigenvalue weighted by atomic mass is 32.2. The number of aliphatic hydroxyl groups is 1. The molecule has 2 saturated heterocycles. The highest BCUT2D eigenvalue weighted by Gasteiger charge is 2.50. The topological polar surface area (TPSA) is 107 Å². The summed E-state index contributed by atoms with van der Waals surface area (Å²) in [4.78, 5) is 12.1. The normalized spacial score (nSPS) is 23.2. The lowest BCUT2D eigenvalue weighted by Gasteiger charge is -2.40. The number of nitrogens with zero attached hydrogens (tertiary/aromatic N) is 3. The van der Waals surface area contributed by atoms with Crippen LogP contribution in [0.15, 0.2) is 35.4 Å². The fraction of sp³-hybridized carbons (Fsp3) is 0.444. The molecular formula is C18H22N4O4S2. The second-order valence-electron chi connectivity index (χ2n) is 7.06. The van der Waals surface area contributed by atoms with Gasteiger partial charge in [0, 0.05) is 24.4 Å². The predicted octanol–water partition coefficient (Wildman–Crippen LogP) is 1.60. The number of aliphatic hydroxyl groups excluding tert-OH is 1. The van der Waals surface area contributed by atoms with Crippen molar-refractivity contribution in [2.24, 2.45) is 0 Å². The first-order chi connectivity index (χ1) is 13.4. The van der Waals surface area contributed by atoms with Gasteiger partial charge in [0.2, 0.25) is 5.91 Å². The van der Waals surface area contributed by atoms with Gasteiger partial charge in [-0.15, -0.1) is 11.8 Å². The van der Waals surface area contributed by atoms with Crippen molar-refractivity contribution in [3.05, 3.63) is 47.2 Å². The molecule has 4 rings (SSSR count). The molecule has 1 aromatic heterocycles. The molecule has 28 heavy (non-hydrogen) atoms. The highest BCUT2D eigenvalue weighted by Crippen LogP contribution is 2.41. The second kappa shape index (κ2) is 7.51. The lowest BCUT2D eigenvalue weighted by Crippen LogP contribution is -2.55. The van der Waals surface area contributed by atoms with Crippen LogP contribution in [0.5, 0.6) is 0 Å². The summed E-state index contributed by atoms with van der Waals surface area (Å²) in [5.41, 5.74) is 2.62. The Labute approximate surface area is 168 Å². The third-order valence-electron chi connectivity index (χ3n) is 5.14. The summed E-state index contributed by atoms with van der Waals surface area (Å²) in [6, 6.07) is 9.43. The van der Waals surface area contributed by atoms with Gasteiger partial charge in [-0.25, -0.2) is 4.31 Å². The molecule has 2 aromatic rings. The van der Waals surface area contributed by atoms with Crippen LogP contribution in [0.4, 0.5) is 0 Å². The molecule has 2 atom stereocenters. The molecule has 3 heterocycles. The Morgan fingerprint density at radius 3 is 2.71 bits per heavy atom. The Bertz CT molecular complexity index is 977. The van der Waals surface area contributed by atoms with Crippen molar-refractivity contribution in [3.8, 4) is 0 Å². The minimum absolute atomic E-state index is 0.0244. The maximum absolute atomic E-state index is 12.9. The molecule has 1 aromatic carbocycles. The van der Waals surface area contributed by atoms with Gasteiger partial charge in [-0.1, -0.05) is 30.3 Å². The summed E-state index contributed by atoms with van der Waals surface area (Å²) in [5, 5.41) is 17.8. The summed E-state index contributed by atoms with van der Waals surface area (Å²) >= 11 is 1.59. The first kappa shape index (κ1) is 19.4. The standard InChI is InChI=1S/C18H22N4O4S2/c1-12-17(19-20-18(12)27-11-13-5-3-2-4-6-13)15-9-16(24)22(15)28(25,26)21-8-7-14(23)10-21/h2-6,14-15,23H,7-11H2,1H3,(H,19,20). The van der Waals surface area contributed by atoms with Crippen molar-refractivity contribution in [2.45, 2.75) is 42.7 Å². The van der Waals surface area contributed by atoms with Crippen LogP contribution in [0.3, 0.4) is 0 Å². The number of amides is 1. The van der Waals surface area contributed by atoms with Gasteiger partial charge in [0.15, 0.2) is 0 Å². The van der Waals surface area contributed by atoms with Crippen molar-refractivity contribution in [1.29, 1.82) is 0 Å². The number of benzene rings is 1. The minimum atomic E-state index is -3.95. The number of hydrogen-bond acceptors (Lipinski definition) is 6. The Morgan fingerprint density at radius 1 is 1.32 bits per heavy atom. The number of H-pyrrole nitrogens is 1. The average molecular weight is 423 g/mol. The quantitative estimate of drug-likeness (QED) is 0.541. The zero-order valence-electron chi connectivity index (χ0n) is 15.4. The number of aromatic amines is 1. The zero-order valence-corrected chi connectivity index (χ0v) is 17.0. The number of hydrogen-bond donors (Lipinski definition) is 2. The molecule has 0 bridgehead atoms. The molecule has 8 nitrogen and oxygen atoms in total. The highest BCUT2D eigenvalue weighted by molar-refractivity contribution is 7.98. The van der Waals surface area contributed by atoms with E-state index in [-0.39, 0.29) is 19.5 Å². The maximum Gasteiger partial charge on any atom is 0.307 e. The van der Waals surface area contributed by atoms with Crippen molar-refractivity contribution >= 4 is 27.9 Å². The van der Waals surface area contributed by atoms with E-state index in [0.717, 1.165) is 20.6 Å². The van der Waals surface area contributed by atoms with Gasteiger partial charge in [0.1, 0.15) is 6.04 Å². The third-order valence-corrected chi connectivity index (χ3v) is 8.25. The number of β-amino-alcohol motifs (C(OH)–C–C–N with tert-alkyl or cyclic N) is 1. The maximum atomic E-state index is 12.9. The molecule has 2 N–H and O–H groups in total. The van der Waals surface area contributed by atoms with E-state index in [1.54, 1.807) is 11.8 Å². The van der Waals surface area contributed by atoms with Gasteiger partial charge in [0.25, 0.3) is 0 Å². The SMILES string of the molecule is Cc1c(C2CC(=O)N2S(=O)(=O)N2CCC(O)C2)n[nH]c1SCc1ccccc1. The summed E-state index contributed by atoms with van der Waals surface area (Å²) < 4.78 is 27.8. The van der Waals surface area contributed by atoms with Crippen molar-refractivity contribution in [3.63, 3.8) is 0 Å². The number of rotatable bonds is 6. The van der Waals surface area contributed by atoms with Gasteiger partial charge in [0.05, 0.1) is 23.2 Å². The van der Waals surface area contributed by atoms with E-state index in [2.05, 4.69) is 10.2 Å². The molecule has 150 valence electrons. The average Bonchev–Trinajstić information content (AvgIpc) is 3.25. The van der Waals surface area contributed by atoms with Crippen LogP contribution in [-0.4, -0.2) is 57.4 Å². The number of nitrogens with one attached hydrogen (secondary N) is 1. The molecule has 0 spiro atoms. The lowest BCUT2D eigenvalue weighted by atomic mass is 10.0. The fourth-order valence-electron chi connectivity index (χ4n) is 3.53. The smallest absolute Gasteiger partial charge is 0.307 e. The van der Waals surface area contributed by atoms with Gasteiger partial charge in [-0.05, 0) is 18.9 Å². The fourth-order valence-corrected chi connectivity index (χ4v) is 6.24. The first-order valence-electron chi connectivity index (χ1n) is 9.10. The van der Waals surface area contributed by atoms with Crippen LogP contribution in [0, 0.1) is 6.92 Å². The van der Waals surface area contributed by atoms with Crippen LogP contribution in [0.1, 0.15) is 35.7 Å². The van der Waals surface area contributed by atoms with Crippen LogP contribution >= 0.6 is 11.8 Å². The van der Waals surface area contributed by atoms with Gasteiger partial charge < -0.3 is 5.11 Å². The van der Waals surface area contributed by atoms with Crippen LogP contribution in [0.25, 0.3) is 0 Å². The van der Waals surface area contributed by atoms with Crippen molar-refractivity contribution in [2.75, 3.05) is 13.1 Å². The Morgan fingerprint density at radius 2 is 2.07 bits per heavy atom. The Hall–Kier alpha value is -1.88. The second-order valence-corrected chi connectivity index (χ2v) is 9.85. The van der Waals surface area contributed by atoms with Crippen molar-refractivity contribution in [1.82, 2.24) is 18.8 Å². The number of carbonyl (C=O) groups excluding carboxylic acids is 1. The van der Waals surface area contributed by atoms with Gasteiger partial charge >= 0.3 is 10.2 Å². The number of carbonyl (C=O) groups is 1. The van der Waals surface area contributed by atoms with E-state index in [4.69, 9.17) is 0 Å². The molecule has 10 heteroatoms. The van der Waals surface area contributed by atoms with E-state index in [0.29, 0.717) is 12.1 Å². The number of thioether (sulfide) groups is 1. The zero-order chi connectivity index (χ0) is 19.9. The molecular weight excluding hydrogens is 400 g/mol. The van der Waals surface area contributed by atoms with E-state index >= 15 is 0 Å². The van der Waals surface area contributed by atoms with Gasteiger partial charge in [-0.3, -0.25) is 9.89 Å². The van der Waals surface area contributed by atoms with Gasteiger partial charge in [-0.2, -0.15) is 17.8 Å². The third kappa shape index (κ3) is 3.45. The summed E-state index contributed by atoms with van der Waals surface area (Å²) in [7, 11) is -3.95. The lowest BCUT2D eigenvalue weighted by molar-refractivity contribution is -0.138. The Kier molecular flexibility index (Phi) is 5.21. The molecule has 2 fully saturated rings. The summed E-state index contributed by atoms with van der Waals surface area (Å²) in [6.07, 6.45) is -0.185. The largest absolute Gasteiger partial charge is 0.392 e. The van der Waals surface area contributed by atoms with Crippen molar-refractivity contribution < 1.29 is 18.3 Å². The monoisotopic (exact) mass is 422 g/mol. The minimum Gasteiger partial charge on any atom is -0.392 e. The Balaban J connectivity index is 1.51. The molecule has 0 aliphatic carbocycles. The van der Waals surface area contributed by atoms with E-state index in [9.17, 15) is 18.3 Å². The molecule has 0 saturated carbocycles. The summed E-state index contributed by atoms with van der Waals surface area (Å²) in [5.74, 6) is 0.327. The predicted molar refractivity (Wildman–Crippen MR) is 105 cm³/mol. The number of aromatic nitrogens is 2. The van der Waals surface area contributed by atoms with E-state index in [1.807, 2.05) is 37.3 Å². The van der Waals surface area contributed by atoms with E-state index < -0.39 is 28.3 Å². The number of β-lactam (4-membered cyclic amide) rings is 1. The first-order valence-corrected chi connectivity index (χ1v) is 11.5. The molecule has 2 unspecified atom stereocenters. The van der Waals surface area contributed by atoms with Crippen LogP contribution in [0.2, 0.25) is 0 Å². The van der Waals surface area contributed by atoms with Crippen LogP contribution in [-0.2, 0) is 20.8 Å². The van der Waals surface area contributed by atoms with E-state index in [1.165, 1.54) is 9.87 Å². The molecule has 2 aliphatic rings. The van der Waals surface area contributed by atoms with Crippen LogP contribution < -0.4 is 0 Å². The molecule has 2 aliphatic heterocycles.